The zero-order valence-corrected chi connectivity index (χ0v) is 12.0. The van der Waals surface area contributed by atoms with E-state index in [9.17, 15) is 4.79 Å². The average molecular weight is 304 g/mol. The Balaban J connectivity index is 2.06. The van der Waals surface area contributed by atoms with Gasteiger partial charge in [-0.25, -0.2) is 4.79 Å². The number of hydrogen-bond donors (Lipinski definition) is 1. The van der Waals surface area contributed by atoms with Crippen LogP contribution in [0.1, 0.15) is 11.3 Å². The summed E-state index contributed by atoms with van der Waals surface area (Å²) in [5.41, 5.74) is 1.55. The molecule has 1 heterocycles. The number of carbonyl (C=O) groups is 1. The third-order valence-corrected chi connectivity index (χ3v) is 3.03. The number of benzene rings is 1. The van der Waals surface area contributed by atoms with Gasteiger partial charge in [0.2, 0.25) is 0 Å². The van der Waals surface area contributed by atoms with Crippen molar-refractivity contribution < 1.29 is 14.6 Å². The minimum absolute atomic E-state index is 0.411. The lowest BCUT2D eigenvalue weighted by Crippen LogP contribution is -2.04. The third-order valence-electron chi connectivity index (χ3n) is 2.73. The first kappa shape index (κ1) is 15.1. The summed E-state index contributed by atoms with van der Waals surface area (Å²) in [7, 11) is 0. The zero-order chi connectivity index (χ0) is 15.1. The fourth-order valence-corrected chi connectivity index (χ4v) is 2.01. The van der Waals surface area contributed by atoms with Crippen LogP contribution in [0.25, 0.3) is 6.08 Å². The van der Waals surface area contributed by atoms with Crippen LogP contribution in [0.3, 0.4) is 0 Å². The van der Waals surface area contributed by atoms with Gasteiger partial charge in [0.25, 0.3) is 0 Å². The van der Waals surface area contributed by atoms with Crippen molar-refractivity contribution >= 4 is 23.6 Å². The maximum atomic E-state index is 10.6. The van der Waals surface area contributed by atoms with Gasteiger partial charge < -0.3 is 9.84 Å². The van der Waals surface area contributed by atoms with Crippen LogP contribution >= 0.6 is 11.6 Å². The molecule has 0 atom stereocenters. The largest absolute Gasteiger partial charge is 0.491 e. The molecular weight excluding hydrogens is 290 g/mol. The average Bonchev–Trinajstić information content (AvgIpc) is 2.48. The number of carboxylic acids is 1. The minimum atomic E-state index is -1.02. The molecular formula is C16H14ClNO3. The predicted octanol–water partition coefficient (Wildman–Crippen LogP) is 3.45. The summed E-state index contributed by atoms with van der Waals surface area (Å²) >= 11 is 6.10. The molecule has 0 radical (unpaired) electrons. The number of ether oxygens (including phenoxy) is 1. The number of nitrogens with zero attached hydrogens (tertiary/aromatic N) is 1. The van der Waals surface area contributed by atoms with Crippen molar-refractivity contribution in [1.82, 2.24) is 4.98 Å². The highest BCUT2D eigenvalue weighted by molar-refractivity contribution is 6.32. The summed E-state index contributed by atoms with van der Waals surface area (Å²) in [6.07, 6.45) is 4.89. The normalized spacial score (nSPS) is 10.7. The standard InChI is InChI=1S/C16H14ClNO3/c17-14-6-3-4-12(7-8-15(19)20)16(14)21-11-9-13-5-1-2-10-18-13/h1-8,10H,9,11H2,(H,19,20)/b8-7+. The van der Waals surface area contributed by atoms with Gasteiger partial charge in [-0.15, -0.1) is 0 Å². The van der Waals surface area contributed by atoms with E-state index in [1.165, 1.54) is 6.08 Å². The van der Waals surface area contributed by atoms with Crippen molar-refractivity contribution in [3.05, 3.63) is 65.0 Å². The smallest absolute Gasteiger partial charge is 0.328 e. The van der Waals surface area contributed by atoms with Gasteiger partial charge in [-0.3, -0.25) is 4.98 Å². The van der Waals surface area contributed by atoms with E-state index in [0.717, 1.165) is 11.8 Å². The summed E-state index contributed by atoms with van der Waals surface area (Å²) in [6.45, 7) is 0.411. The Morgan fingerprint density at radius 1 is 1.29 bits per heavy atom. The van der Waals surface area contributed by atoms with Gasteiger partial charge in [-0.1, -0.05) is 29.8 Å². The molecule has 0 aliphatic heterocycles. The summed E-state index contributed by atoms with van der Waals surface area (Å²) in [4.78, 5) is 14.8. The molecule has 2 rings (SSSR count). The van der Waals surface area contributed by atoms with Crippen LogP contribution in [0.4, 0.5) is 0 Å². The second kappa shape index (κ2) is 7.45. The van der Waals surface area contributed by atoms with Crippen molar-refractivity contribution in [2.45, 2.75) is 6.42 Å². The first-order valence-electron chi connectivity index (χ1n) is 6.39. The molecule has 0 spiro atoms. The van der Waals surface area contributed by atoms with E-state index in [1.807, 2.05) is 18.2 Å². The van der Waals surface area contributed by atoms with Crippen LogP contribution in [0, 0.1) is 0 Å². The van der Waals surface area contributed by atoms with Crippen LogP contribution in [-0.4, -0.2) is 22.7 Å². The Kier molecular flexibility index (Phi) is 5.35. The summed E-state index contributed by atoms with van der Waals surface area (Å²) in [6, 6.07) is 10.9. The number of aromatic nitrogens is 1. The van der Waals surface area contributed by atoms with E-state index in [4.69, 9.17) is 21.4 Å². The van der Waals surface area contributed by atoms with Crippen LogP contribution in [-0.2, 0) is 11.2 Å². The summed E-state index contributed by atoms with van der Waals surface area (Å²) in [5.74, 6) is -0.540. The van der Waals surface area contributed by atoms with Gasteiger partial charge in [0, 0.05) is 30.0 Å². The van der Waals surface area contributed by atoms with Gasteiger partial charge in [-0.05, 0) is 24.3 Å². The monoisotopic (exact) mass is 303 g/mol. The number of carboxylic acid groups (broad SMARTS) is 1. The highest BCUT2D eigenvalue weighted by atomic mass is 35.5. The highest BCUT2D eigenvalue weighted by Gasteiger charge is 2.07. The molecule has 1 N–H and O–H groups in total. The molecule has 108 valence electrons. The fraction of sp³-hybridized carbons (Fsp3) is 0.125. The highest BCUT2D eigenvalue weighted by Crippen LogP contribution is 2.29. The lowest BCUT2D eigenvalue weighted by Gasteiger charge is -2.10. The van der Waals surface area contributed by atoms with E-state index in [2.05, 4.69) is 4.98 Å². The number of hydrogen-bond acceptors (Lipinski definition) is 3. The fourth-order valence-electron chi connectivity index (χ4n) is 1.77. The molecule has 1 aromatic carbocycles. The maximum absolute atomic E-state index is 10.6. The molecule has 0 saturated heterocycles. The molecule has 0 bridgehead atoms. The van der Waals surface area contributed by atoms with E-state index in [1.54, 1.807) is 24.4 Å². The van der Waals surface area contributed by atoms with Crippen molar-refractivity contribution in [3.8, 4) is 5.75 Å². The lowest BCUT2D eigenvalue weighted by molar-refractivity contribution is -0.131. The number of pyridine rings is 1. The minimum Gasteiger partial charge on any atom is -0.491 e. The van der Waals surface area contributed by atoms with Gasteiger partial charge in [-0.2, -0.15) is 0 Å². The molecule has 0 aliphatic rings. The lowest BCUT2D eigenvalue weighted by atomic mass is 10.2. The van der Waals surface area contributed by atoms with Gasteiger partial charge in [0.15, 0.2) is 0 Å². The molecule has 21 heavy (non-hydrogen) atoms. The predicted molar refractivity (Wildman–Crippen MR) is 81.6 cm³/mol. The molecule has 1 aromatic heterocycles. The Hall–Kier alpha value is -2.33. The molecule has 0 amide bonds. The molecule has 4 nitrogen and oxygen atoms in total. The molecule has 2 aromatic rings. The summed E-state index contributed by atoms with van der Waals surface area (Å²) in [5, 5.41) is 9.14. The molecule has 0 unspecified atom stereocenters. The molecule has 0 fully saturated rings. The first-order chi connectivity index (χ1) is 10.2. The van der Waals surface area contributed by atoms with E-state index in [-0.39, 0.29) is 0 Å². The topological polar surface area (TPSA) is 59.4 Å². The SMILES string of the molecule is O=C(O)/C=C/c1cccc(Cl)c1OCCc1ccccn1. The number of halogens is 1. The van der Waals surface area contributed by atoms with Gasteiger partial charge in [0.05, 0.1) is 11.6 Å². The molecule has 0 aliphatic carbocycles. The van der Waals surface area contributed by atoms with Crippen LogP contribution < -0.4 is 4.74 Å². The number of aliphatic carboxylic acids is 1. The van der Waals surface area contributed by atoms with E-state index < -0.39 is 5.97 Å². The Morgan fingerprint density at radius 3 is 2.86 bits per heavy atom. The Bertz CT molecular complexity index is 641. The quantitative estimate of drug-likeness (QED) is 0.830. The van der Waals surface area contributed by atoms with E-state index in [0.29, 0.717) is 29.4 Å². The Morgan fingerprint density at radius 2 is 2.14 bits per heavy atom. The van der Waals surface area contributed by atoms with Crippen molar-refractivity contribution in [3.63, 3.8) is 0 Å². The van der Waals surface area contributed by atoms with Crippen LogP contribution in [0.5, 0.6) is 5.75 Å². The zero-order valence-electron chi connectivity index (χ0n) is 11.2. The summed E-state index contributed by atoms with van der Waals surface area (Å²) < 4.78 is 5.69. The number of para-hydroxylation sites is 1. The maximum Gasteiger partial charge on any atom is 0.328 e. The van der Waals surface area contributed by atoms with Crippen molar-refractivity contribution in [2.75, 3.05) is 6.61 Å². The van der Waals surface area contributed by atoms with Crippen molar-refractivity contribution in [2.24, 2.45) is 0 Å². The van der Waals surface area contributed by atoms with E-state index >= 15 is 0 Å². The van der Waals surface area contributed by atoms with Gasteiger partial charge in [0.1, 0.15) is 5.75 Å². The Labute approximate surface area is 127 Å². The van der Waals surface area contributed by atoms with Gasteiger partial charge >= 0.3 is 5.97 Å². The van der Waals surface area contributed by atoms with Crippen LogP contribution in [0.2, 0.25) is 5.02 Å². The van der Waals surface area contributed by atoms with Crippen molar-refractivity contribution in [1.29, 1.82) is 0 Å². The van der Waals surface area contributed by atoms with Crippen LogP contribution in [0.15, 0.2) is 48.7 Å². The second-order valence-corrected chi connectivity index (χ2v) is 4.66. The molecule has 0 saturated carbocycles. The number of rotatable bonds is 6. The molecule has 5 heteroatoms. The first-order valence-corrected chi connectivity index (χ1v) is 6.77. The second-order valence-electron chi connectivity index (χ2n) is 4.25. The third kappa shape index (κ3) is 4.61.